The molecule has 4 aromatic rings. The lowest BCUT2D eigenvalue weighted by atomic mass is 9.91. The fraction of sp³-hybridized carbons (Fsp3) is 0.422. The topological polar surface area (TPSA) is 229 Å². The second kappa shape index (κ2) is 25.9. The maximum atomic E-state index is 14.4. The van der Waals surface area contributed by atoms with Crippen molar-refractivity contribution in [2.24, 2.45) is 17.3 Å². The molecule has 9 rings (SSSR count). The molecular weight excluding hydrogens is 1080 g/mol. The number of methoxy groups -OCH3 is 2. The van der Waals surface area contributed by atoms with E-state index in [1.807, 2.05) is 44.3 Å². The predicted molar refractivity (Wildman–Crippen MR) is 311 cm³/mol. The number of esters is 1. The van der Waals surface area contributed by atoms with Gasteiger partial charge in [-0.25, -0.2) is 14.5 Å². The van der Waals surface area contributed by atoms with Gasteiger partial charge in [-0.15, -0.1) is 0 Å². The summed E-state index contributed by atoms with van der Waals surface area (Å²) >= 11 is 0. The smallest absolute Gasteiger partial charge is 0.416 e. The maximum Gasteiger partial charge on any atom is 0.416 e. The van der Waals surface area contributed by atoms with E-state index in [1.165, 1.54) is 24.2 Å². The van der Waals surface area contributed by atoms with Gasteiger partial charge in [0.15, 0.2) is 23.5 Å². The first-order valence-electron chi connectivity index (χ1n) is 28.3. The predicted octanol–water partition coefficient (Wildman–Crippen LogP) is 8.74. The number of hydrogen-bond acceptors (Lipinski definition) is 15. The number of Topliss-reactive ketones (excluding diaryl/α,β-unsaturated/α-hetero) is 1. The number of nitrogens with one attached hydrogen (secondary N) is 1. The number of hydrogen-bond donors (Lipinski definition) is 2. The molecule has 4 aliphatic heterocycles. The molecule has 20 heteroatoms. The van der Waals surface area contributed by atoms with Gasteiger partial charge in [-0.2, -0.15) is 0 Å². The lowest BCUT2D eigenvalue weighted by Crippen LogP contribution is -2.50. The van der Waals surface area contributed by atoms with Crippen LogP contribution in [0.4, 0.5) is 21.0 Å². The molecule has 84 heavy (non-hydrogen) atoms. The molecule has 5 atom stereocenters. The molecule has 5 amide bonds. The molecule has 444 valence electrons. The number of anilines is 2. The van der Waals surface area contributed by atoms with Crippen LogP contribution in [-0.4, -0.2) is 135 Å². The Balaban J connectivity index is 0.859. The molecular formula is C64H73N5O15. The van der Waals surface area contributed by atoms with Crippen LogP contribution in [0.1, 0.15) is 102 Å². The Hall–Kier alpha value is -8.65. The molecule has 4 aromatic carbocycles. The number of aliphatic hydroxyl groups is 1. The van der Waals surface area contributed by atoms with Crippen molar-refractivity contribution >= 4 is 58.6 Å². The van der Waals surface area contributed by atoms with Crippen LogP contribution < -0.4 is 34.1 Å². The zero-order valence-corrected chi connectivity index (χ0v) is 48.4. The fourth-order valence-corrected chi connectivity index (χ4v) is 11.3. The van der Waals surface area contributed by atoms with Gasteiger partial charge in [-0.1, -0.05) is 75.6 Å². The molecule has 0 radical (unpaired) electrons. The summed E-state index contributed by atoms with van der Waals surface area (Å²) in [5.41, 5.74) is 4.47. The molecule has 2 N–H and O–H groups in total. The van der Waals surface area contributed by atoms with Crippen LogP contribution in [-0.2, 0) is 41.6 Å². The quantitative estimate of drug-likeness (QED) is 0.0306. The minimum Gasteiger partial charge on any atom is -0.497 e. The summed E-state index contributed by atoms with van der Waals surface area (Å²) in [6, 6.07) is 18.9. The zero-order valence-electron chi connectivity index (χ0n) is 48.4. The molecule has 0 bridgehead atoms. The molecule has 1 saturated carbocycles. The largest absolute Gasteiger partial charge is 0.497 e. The number of ether oxygens (including phenoxy) is 7. The van der Waals surface area contributed by atoms with E-state index in [-0.39, 0.29) is 110 Å². The fourth-order valence-electron chi connectivity index (χ4n) is 11.3. The summed E-state index contributed by atoms with van der Waals surface area (Å²) < 4.78 is 40.2. The Kier molecular flexibility index (Phi) is 18.5. The first kappa shape index (κ1) is 60.0. The number of carbonyl (C=O) groups excluding carboxylic acids is 7. The van der Waals surface area contributed by atoms with Crippen molar-refractivity contribution in [2.45, 2.75) is 104 Å². The third kappa shape index (κ3) is 13.1. The SMILES string of the molecule is C=CCOC(=O)C[C@H](C(=O)N[C@@H](C)C(=O)Cc1ccc(COC(=O)N2c3cc(OCCCOc4cc5c(cc4OC)C(=O)N4C=C(c6ccc(OC)cc6)C[C@H]4CN5C(=O)OCC=C)c(C)cc3C(=O)N3CC4(CC4)C[C@H]3C2O)cc1)C(C)C. The lowest BCUT2D eigenvalue weighted by molar-refractivity contribution is -0.146. The molecule has 0 aromatic heterocycles. The summed E-state index contributed by atoms with van der Waals surface area (Å²) in [5.74, 6) is -1.10. The summed E-state index contributed by atoms with van der Waals surface area (Å²) in [5, 5.41) is 14.9. The molecule has 1 aliphatic carbocycles. The Morgan fingerprint density at radius 1 is 0.786 bits per heavy atom. The highest BCUT2D eigenvalue weighted by atomic mass is 16.6. The van der Waals surface area contributed by atoms with E-state index < -0.39 is 54.3 Å². The third-order valence-corrected chi connectivity index (χ3v) is 16.2. The van der Waals surface area contributed by atoms with E-state index in [0.29, 0.717) is 59.7 Å². The number of fused-ring (bicyclic) bond motifs is 4. The first-order valence-corrected chi connectivity index (χ1v) is 28.3. The molecule has 1 unspecified atom stereocenters. The van der Waals surface area contributed by atoms with E-state index in [2.05, 4.69) is 18.5 Å². The van der Waals surface area contributed by atoms with Gasteiger partial charge in [0, 0.05) is 37.7 Å². The number of ketones is 1. The Labute approximate surface area is 488 Å². The standard InChI is InChI=1S/C64H73N5O15/c1-9-22-82-57(71)30-47(38(3)4)58(72)65-40(6)53(70)27-41-12-14-42(15-13-41)36-84-63(77)69-51-32-54(39(5)26-48(51)60(74)68-37-64(20-21-64)33-52(68)61(69)75)80-24-11-25-81-56-31-50-49(29-55(56)79-8)59(73)66-34-44(43-16-18-46(78-7)19-17-43)28-45(66)35-67(50)62(76)83-23-10-2/h9-10,12-19,26,29,31-32,34,38,40,45,47,52,61,75H,1-2,11,20-25,27-28,30,33,35-37H2,3-8H3,(H,65,72)/t40-,45-,47-,52-,61?/m0/s1. The highest BCUT2D eigenvalue weighted by molar-refractivity contribution is 6.07. The number of aryl methyl sites for hydroxylation is 1. The van der Waals surface area contributed by atoms with Crippen LogP contribution in [0, 0.1) is 24.2 Å². The van der Waals surface area contributed by atoms with Crippen LogP contribution in [0.5, 0.6) is 23.0 Å². The van der Waals surface area contributed by atoms with Gasteiger partial charge in [0.25, 0.3) is 11.8 Å². The molecule has 2 fully saturated rings. The normalized spacial score (nSPS) is 18.9. The highest BCUT2D eigenvalue weighted by Gasteiger charge is 2.58. The van der Waals surface area contributed by atoms with E-state index >= 15 is 0 Å². The van der Waals surface area contributed by atoms with Crippen LogP contribution in [0.25, 0.3) is 5.57 Å². The van der Waals surface area contributed by atoms with Gasteiger partial charge in [0.2, 0.25) is 5.91 Å². The Bertz CT molecular complexity index is 3230. The number of aliphatic hydroxyl groups excluding tert-OH is 1. The van der Waals surface area contributed by atoms with Crippen molar-refractivity contribution in [3.05, 3.63) is 138 Å². The number of benzene rings is 4. The first-order chi connectivity index (χ1) is 40.4. The summed E-state index contributed by atoms with van der Waals surface area (Å²) in [6.07, 6.45) is 4.80. The van der Waals surface area contributed by atoms with Gasteiger partial charge >= 0.3 is 18.2 Å². The molecule has 4 heterocycles. The number of nitrogens with zero attached hydrogens (tertiary/aromatic N) is 4. The molecule has 1 saturated heterocycles. The highest BCUT2D eigenvalue weighted by Crippen LogP contribution is 2.57. The van der Waals surface area contributed by atoms with Crippen molar-refractivity contribution in [1.82, 2.24) is 15.1 Å². The molecule has 1 spiro atoms. The second-order valence-electron chi connectivity index (χ2n) is 22.4. The van der Waals surface area contributed by atoms with Crippen molar-refractivity contribution in [2.75, 3.05) is 63.5 Å². The van der Waals surface area contributed by atoms with Crippen LogP contribution in [0.15, 0.2) is 104 Å². The third-order valence-electron chi connectivity index (χ3n) is 16.2. The summed E-state index contributed by atoms with van der Waals surface area (Å²) in [7, 11) is 3.06. The minimum absolute atomic E-state index is 0.00427. The number of amides is 5. The van der Waals surface area contributed by atoms with Crippen molar-refractivity contribution < 1.29 is 71.8 Å². The van der Waals surface area contributed by atoms with Gasteiger partial charge in [-0.05, 0) is 103 Å². The summed E-state index contributed by atoms with van der Waals surface area (Å²) in [6.45, 7) is 14.9. The van der Waals surface area contributed by atoms with Gasteiger partial charge < -0.3 is 53.4 Å². The van der Waals surface area contributed by atoms with Crippen molar-refractivity contribution in [3.63, 3.8) is 0 Å². The number of rotatable bonds is 23. The average molecular weight is 1150 g/mol. The van der Waals surface area contributed by atoms with E-state index in [9.17, 15) is 38.7 Å². The maximum absolute atomic E-state index is 14.4. The average Bonchev–Trinajstić information content (AvgIpc) is 2.15. The van der Waals surface area contributed by atoms with E-state index in [0.717, 1.165) is 28.9 Å². The second-order valence-corrected chi connectivity index (χ2v) is 22.4. The number of carbonyl (C=O) groups is 7. The Morgan fingerprint density at radius 3 is 2.12 bits per heavy atom. The van der Waals surface area contributed by atoms with Crippen molar-refractivity contribution in [1.29, 1.82) is 0 Å². The molecule has 20 nitrogen and oxygen atoms in total. The van der Waals surface area contributed by atoms with Gasteiger partial charge in [0.1, 0.15) is 31.3 Å². The Morgan fingerprint density at radius 2 is 1.45 bits per heavy atom. The van der Waals surface area contributed by atoms with Crippen LogP contribution in [0.3, 0.4) is 0 Å². The van der Waals surface area contributed by atoms with Crippen molar-refractivity contribution in [3.8, 4) is 23.0 Å². The zero-order chi connectivity index (χ0) is 60.0. The minimum atomic E-state index is -1.44. The summed E-state index contributed by atoms with van der Waals surface area (Å²) in [4.78, 5) is 101. The monoisotopic (exact) mass is 1150 g/mol. The van der Waals surface area contributed by atoms with Crippen LogP contribution >= 0.6 is 0 Å². The van der Waals surface area contributed by atoms with Gasteiger partial charge in [-0.3, -0.25) is 28.9 Å². The van der Waals surface area contributed by atoms with E-state index in [1.54, 1.807) is 79.3 Å². The van der Waals surface area contributed by atoms with E-state index in [4.69, 9.17) is 33.2 Å². The van der Waals surface area contributed by atoms with Gasteiger partial charge in [0.05, 0.1) is 86.9 Å². The molecule has 5 aliphatic rings. The van der Waals surface area contributed by atoms with Crippen LogP contribution in [0.2, 0.25) is 0 Å². The lowest BCUT2D eigenvalue weighted by Gasteiger charge is -2.31.